The lowest BCUT2D eigenvalue weighted by molar-refractivity contribution is 0.0997. The Morgan fingerprint density at radius 1 is 1.09 bits per heavy atom. The van der Waals surface area contributed by atoms with Gasteiger partial charge < -0.3 is 9.73 Å². The van der Waals surface area contributed by atoms with Gasteiger partial charge in [-0.15, -0.1) is 0 Å². The Morgan fingerprint density at radius 2 is 1.87 bits per heavy atom. The Kier molecular flexibility index (Phi) is 3.92. The number of hydrogen-bond acceptors (Lipinski definition) is 3. The molecule has 0 aliphatic carbocycles. The zero-order chi connectivity index (χ0) is 16.6. The lowest BCUT2D eigenvalue weighted by atomic mass is 10.1. The molecule has 0 spiro atoms. The molecular weight excluding hydrogens is 314 g/mol. The third-order valence-corrected chi connectivity index (χ3v) is 3.94. The van der Waals surface area contributed by atoms with Crippen molar-refractivity contribution >= 4 is 34.2 Å². The van der Waals surface area contributed by atoms with Crippen LogP contribution in [0, 0.1) is 13.8 Å². The maximum absolute atomic E-state index is 12.3. The van der Waals surface area contributed by atoms with Gasteiger partial charge in [0, 0.05) is 16.8 Å². The third kappa shape index (κ3) is 3.12. The highest BCUT2D eigenvalue weighted by atomic mass is 35.5. The van der Waals surface area contributed by atoms with E-state index >= 15 is 0 Å². The summed E-state index contributed by atoms with van der Waals surface area (Å²) in [5, 5.41) is 3.69. The van der Waals surface area contributed by atoms with Gasteiger partial charge in [-0.1, -0.05) is 29.3 Å². The number of anilines is 1. The average molecular weight is 328 g/mol. The monoisotopic (exact) mass is 327 g/mol. The summed E-state index contributed by atoms with van der Waals surface area (Å²) in [5.41, 5.74) is 2.54. The summed E-state index contributed by atoms with van der Waals surface area (Å²) in [6.45, 7) is 3.76. The first-order valence-electron chi connectivity index (χ1n) is 7.06. The molecule has 0 radical (unpaired) electrons. The highest BCUT2D eigenvalue weighted by molar-refractivity contribution is 6.31. The van der Waals surface area contributed by atoms with Crippen molar-refractivity contribution in [1.82, 2.24) is 0 Å². The molecule has 4 nitrogen and oxygen atoms in total. The Bertz CT molecular complexity index is 976. The Labute approximate surface area is 137 Å². The van der Waals surface area contributed by atoms with Gasteiger partial charge in [-0.05, 0) is 43.7 Å². The van der Waals surface area contributed by atoms with E-state index in [9.17, 15) is 9.59 Å². The van der Waals surface area contributed by atoms with Gasteiger partial charge in [0.2, 0.25) is 0 Å². The summed E-state index contributed by atoms with van der Waals surface area (Å²) in [5.74, 6) is -0.535. The number of hydrogen-bond donors (Lipinski definition) is 1. The van der Waals surface area contributed by atoms with Gasteiger partial charge in [0.15, 0.2) is 11.2 Å². The van der Waals surface area contributed by atoms with Gasteiger partial charge in [0.1, 0.15) is 5.58 Å². The summed E-state index contributed by atoms with van der Waals surface area (Å²) >= 11 is 6.04. The summed E-state index contributed by atoms with van der Waals surface area (Å²) in [4.78, 5) is 24.4. The van der Waals surface area contributed by atoms with E-state index in [1.807, 2.05) is 19.9 Å². The molecule has 0 aliphatic heterocycles. The molecule has 0 aliphatic rings. The fourth-order valence-corrected chi connectivity index (χ4v) is 2.43. The summed E-state index contributed by atoms with van der Waals surface area (Å²) in [6.07, 6.45) is 0. The maximum Gasteiger partial charge on any atom is 0.291 e. The minimum atomic E-state index is -0.496. The van der Waals surface area contributed by atoms with Crippen LogP contribution >= 0.6 is 11.6 Å². The first-order chi connectivity index (χ1) is 10.9. The molecule has 1 aromatic heterocycles. The first kappa shape index (κ1) is 15.3. The molecule has 1 N–H and O–H groups in total. The van der Waals surface area contributed by atoms with Gasteiger partial charge in [-0.3, -0.25) is 9.59 Å². The molecule has 3 aromatic rings. The van der Waals surface area contributed by atoms with E-state index in [1.54, 1.807) is 30.3 Å². The number of carbonyl (C=O) groups excluding carboxylic acids is 1. The topological polar surface area (TPSA) is 59.3 Å². The molecule has 0 saturated carbocycles. The minimum absolute atomic E-state index is 0.0388. The molecule has 1 amide bonds. The van der Waals surface area contributed by atoms with Crippen molar-refractivity contribution in [3.8, 4) is 0 Å². The largest absolute Gasteiger partial charge is 0.451 e. The van der Waals surface area contributed by atoms with Crippen LogP contribution in [0.5, 0.6) is 0 Å². The van der Waals surface area contributed by atoms with Gasteiger partial charge in [0.05, 0.1) is 5.39 Å². The second kappa shape index (κ2) is 5.89. The second-order valence-corrected chi connectivity index (χ2v) is 5.80. The fourth-order valence-electron chi connectivity index (χ4n) is 2.25. The predicted molar refractivity (Wildman–Crippen MR) is 91.4 cm³/mol. The Morgan fingerprint density at radius 3 is 2.61 bits per heavy atom. The molecule has 1 heterocycles. The zero-order valence-electron chi connectivity index (χ0n) is 12.6. The lowest BCUT2D eigenvalue weighted by Crippen LogP contribution is -2.15. The maximum atomic E-state index is 12.3. The molecule has 3 rings (SSSR count). The van der Waals surface area contributed by atoms with Crippen molar-refractivity contribution in [2.45, 2.75) is 13.8 Å². The Hall–Kier alpha value is -2.59. The quantitative estimate of drug-likeness (QED) is 0.762. The van der Waals surface area contributed by atoms with Crippen LogP contribution in [0.4, 0.5) is 5.69 Å². The van der Waals surface area contributed by atoms with Crippen molar-refractivity contribution in [3.05, 3.63) is 74.6 Å². The van der Waals surface area contributed by atoms with Crippen molar-refractivity contribution < 1.29 is 9.21 Å². The number of aryl methyl sites for hydroxylation is 2. The number of nitrogens with one attached hydrogen (secondary N) is 1. The van der Waals surface area contributed by atoms with Crippen LogP contribution in [-0.4, -0.2) is 5.91 Å². The average Bonchev–Trinajstić information content (AvgIpc) is 2.51. The van der Waals surface area contributed by atoms with Crippen molar-refractivity contribution in [2.75, 3.05) is 5.32 Å². The Balaban J connectivity index is 1.96. The number of rotatable bonds is 2. The molecule has 0 unspecified atom stereocenters. The number of fused-ring (bicyclic) bond motifs is 1. The van der Waals surface area contributed by atoms with E-state index in [0.717, 1.165) is 11.1 Å². The highest BCUT2D eigenvalue weighted by Gasteiger charge is 2.13. The number of halogens is 1. The van der Waals surface area contributed by atoms with Gasteiger partial charge >= 0.3 is 0 Å². The molecule has 23 heavy (non-hydrogen) atoms. The van der Waals surface area contributed by atoms with E-state index in [2.05, 4.69) is 5.32 Å². The number of carbonyl (C=O) groups is 1. The normalized spacial score (nSPS) is 10.7. The van der Waals surface area contributed by atoms with Gasteiger partial charge in [-0.25, -0.2) is 0 Å². The molecule has 5 heteroatoms. The highest BCUT2D eigenvalue weighted by Crippen LogP contribution is 2.21. The van der Waals surface area contributed by atoms with Crippen molar-refractivity contribution in [3.63, 3.8) is 0 Å². The zero-order valence-corrected chi connectivity index (χ0v) is 13.4. The van der Waals surface area contributed by atoms with Crippen LogP contribution in [-0.2, 0) is 0 Å². The third-order valence-electron chi connectivity index (χ3n) is 3.54. The fraction of sp³-hybridized carbons (Fsp3) is 0.111. The van der Waals surface area contributed by atoms with Crippen LogP contribution in [0.2, 0.25) is 5.02 Å². The SMILES string of the molecule is Cc1ccc2oc(C(=O)Nc3ccc(C)c(Cl)c3)cc(=O)c2c1. The predicted octanol–water partition coefficient (Wildman–Crippen LogP) is 4.32. The number of benzene rings is 2. The standard InChI is InChI=1S/C18H14ClNO3/c1-10-3-6-16-13(7-10)15(21)9-17(23-16)18(22)20-12-5-4-11(2)14(19)8-12/h3-9H,1-2H3,(H,20,22). The van der Waals surface area contributed by atoms with Crippen molar-refractivity contribution in [1.29, 1.82) is 0 Å². The molecule has 2 aromatic carbocycles. The summed E-state index contributed by atoms with van der Waals surface area (Å²) in [7, 11) is 0. The molecule has 0 atom stereocenters. The first-order valence-corrected chi connectivity index (χ1v) is 7.44. The van der Waals surface area contributed by atoms with E-state index in [4.69, 9.17) is 16.0 Å². The van der Waals surface area contributed by atoms with Crippen LogP contribution in [0.15, 0.2) is 51.7 Å². The minimum Gasteiger partial charge on any atom is -0.451 e. The lowest BCUT2D eigenvalue weighted by Gasteiger charge is -2.07. The second-order valence-electron chi connectivity index (χ2n) is 5.39. The number of amides is 1. The van der Waals surface area contributed by atoms with E-state index < -0.39 is 5.91 Å². The van der Waals surface area contributed by atoms with Gasteiger partial charge in [0.25, 0.3) is 5.91 Å². The molecule has 0 saturated heterocycles. The van der Waals surface area contributed by atoms with E-state index in [0.29, 0.717) is 21.7 Å². The summed E-state index contributed by atoms with van der Waals surface area (Å²) in [6, 6.07) is 11.6. The van der Waals surface area contributed by atoms with E-state index in [-0.39, 0.29) is 11.2 Å². The molecule has 0 fully saturated rings. The van der Waals surface area contributed by atoms with Crippen LogP contribution in [0.25, 0.3) is 11.0 Å². The van der Waals surface area contributed by atoms with E-state index in [1.165, 1.54) is 6.07 Å². The van der Waals surface area contributed by atoms with Gasteiger partial charge in [-0.2, -0.15) is 0 Å². The molecule has 0 bridgehead atoms. The smallest absolute Gasteiger partial charge is 0.291 e. The summed E-state index contributed by atoms with van der Waals surface area (Å²) < 4.78 is 5.54. The molecule has 116 valence electrons. The van der Waals surface area contributed by atoms with Crippen molar-refractivity contribution in [2.24, 2.45) is 0 Å². The molecular formula is C18H14ClNO3. The van der Waals surface area contributed by atoms with Crippen LogP contribution in [0.1, 0.15) is 21.7 Å². The van der Waals surface area contributed by atoms with Crippen LogP contribution < -0.4 is 10.7 Å². The van der Waals surface area contributed by atoms with Crippen LogP contribution in [0.3, 0.4) is 0 Å².